The van der Waals surface area contributed by atoms with E-state index in [4.69, 9.17) is 4.74 Å². The SMILES string of the molecule is CCCCCCCCCCCCCCCCCCC/C=C/C(O)C(CO)NC(=O)CCCCCCCCCCCCCC/C=C\CCCCCCCCCCCCCCOC(=O)CCCCCCCCCCCCCCCCCCC. The Morgan fingerprint density at radius 1 is 0.333 bits per heavy atom. The number of hydrogen-bond acceptors (Lipinski definition) is 5. The third-order valence-electron chi connectivity index (χ3n) is 17.5. The van der Waals surface area contributed by atoms with Crippen molar-refractivity contribution in [1.29, 1.82) is 0 Å². The number of carbonyl (C=O) groups excluding carboxylic acids is 2. The van der Waals surface area contributed by atoms with Gasteiger partial charge in [-0.05, 0) is 57.8 Å². The van der Waals surface area contributed by atoms with Crippen LogP contribution >= 0.6 is 0 Å². The van der Waals surface area contributed by atoms with E-state index in [1.807, 2.05) is 6.08 Å². The second-order valence-electron chi connectivity index (χ2n) is 25.6. The van der Waals surface area contributed by atoms with Gasteiger partial charge in [0.2, 0.25) is 5.91 Å². The largest absolute Gasteiger partial charge is 0.466 e. The standard InChI is InChI=1S/C75H145NO5/c1-3-5-7-9-11-13-15-17-19-21-32-36-39-43-47-51-55-59-63-67-73(78)72(71-77)76-74(79)68-64-60-56-52-48-44-40-37-33-30-28-26-24-22-23-25-27-29-31-34-38-42-46-50-54-58-62-66-70-81-75(80)69-65-61-57-53-49-45-41-35-20-18-16-14-12-10-8-6-4-2/h22-23,63,67,72-73,77-78H,3-21,24-62,64-66,68-71H2,1-2H3,(H,76,79)/b23-22-,67-63+. The summed E-state index contributed by atoms with van der Waals surface area (Å²) in [5, 5.41) is 23.2. The van der Waals surface area contributed by atoms with E-state index in [0.717, 1.165) is 38.5 Å². The van der Waals surface area contributed by atoms with Crippen molar-refractivity contribution in [3.63, 3.8) is 0 Å². The van der Waals surface area contributed by atoms with Gasteiger partial charge >= 0.3 is 5.97 Å². The van der Waals surface area contributed by atoms with E-state index in [2.05, 4.69) is 31.3 Å². The molecule has 0 saturated heterocycles. The number of esters is 1. The van der Waals surface area contributed by atoms with Crippen LogP contribution in [-0.4, -0.2) is 47.4 Å². The lowest BCUT2D eigenvalue weighted by atomic mass is 10.0. The first-order valence-electron chi connectivity index (χ1n) is 37.1. The molecule has 0 radical (unpaired) electrons. The van der Waals surface area contributed by atoms with E-state index in [0.29, 0.717) is 19.4 Å². The number of nitrogens with one attached hydrogen (secondary N) is 1. The van der Waals surface area contributed by atoms with Crippen molar-refractivity contribution in [2.45, 2.75) is 431 Å². The van der Waals surface area contributed by atoms with Crippen molar-refractivity contribution in [3.05, 3.63) is 24.3 Å². The molecule has 6 nitrogen and oxygen atoms in total. The molecule has 0 fully saturated rings. The van der Waals surface area contributed by atoms with Gasteiger partial charge in [0.05, 0.1) is 25.4 Å². The number of rotatable bonds is 70. The van der Waals surface area contributed by atoms with Gasteiger partial charge in [-0.2, -0.15) is 0 Å². The molecule has 0 rings (SSSR count). The van der Waals surface area contributed by atoms with Crippen molar-refractivity contribution in [1.82, 2.24) is 5.32 Å². The summed E-state index contributed by atoms with van der Waals surface area (Å²) in [6.07, 6.45) is 89.8. The van der Waals surface area contributed by atoms with Crippen LogP contribution in [0.25, 0.3) is 0 Å². The van der Waals surface area contributed by atoms with Gasteiger partial charge in [-0.3, -0.25) is 9.59 Å². The molecule has 0 aromatic carbocycles. The van der Waals surface area contributed by atoms with Crippen LogP contribution in [0.2, 0.25) is 0 Å². The Morgan fingerprint density at radius 3 is 0.877 bits per heavy atom. The van der Waals surface area contributed by atoms with Gasteiger partial charge in [0, 0.05) is 12.8 Å². The first kappa shape index (κ1) is 79.3. The van der Waals surface area contributed by atoms with Crippen molar-refractivity contribution >= 4 is 11.9 Å². The Bertz CT molecular complexity index is 1270. The fourth-order valence-corrected chi connectivity index (χ4v) is 11.8. The molecule has 480 valence electrons. The smallest absolute Gasteiger partial charge is 0.305 e. The average Bonchev–Trinajstić information content (AvgIpc) is 3.47. The summed E-state index contributed by atoms with van der Waals surface area (Å²) < 4.78 is 5.51. The summed E-state index contributed by atoms with van der Waals surface area (Å²) in [6, 6.07) is -0.628. The summed E-state index contributed by atoms with van der Waals surface area (Å²) in [7, 11) is 0. The molecule has 2 atom stereocenters. The number of ether oxygens (including phenoxy) is 1. The van der Waals surface area contributed by atoms with Gasteiger partial charge in [0.15, 0.2) is 0 Å². The lowest BCUT2D eigenvalue weighted by molar-refractivity contribution is -0.143. The Morgan fingerprint density at radius 2 is 0.580 bits per heavy atom. The van der Waals surface area contributed by atoms with Crippen molar-refractivity contribution < 1.29 is 24.5 Å². The minimum atomic E-state index is -0.845. The summed E-state index contributed by atoms with van der Waals surface area (Å²) in [5.74, 6) is -0.0437. The van der Waals surface area contributed by atoms with E-state index in [1.54, 1.807) is 6.08 Å². The molecule has 0 spiro atoms. The normalized spacial score (nSPS) is 12.6. The quantitative estimate of drug-likeness (QED) is 0.0320. The van der Waals surface area contributed by atoms with Crippen LogP contribution in [0.15, 0.2) is 24.3 Å². The number of hydrogen-bond donors (Lipinski definition) is 3. The van der Waals surface area contributed by atoms with Crippen LogP contribution in [0.3, 0.4) is 0 Å². The van der Waals surface area contributed by atoms with Gasteiger partial charge in [0.1, 0.15) is 0 Å². The molecule has 0 saturated carbocycles. The van der Waals surface area contributed by atoms with Crippen LogP contribution < -0.4 is 5.32 Å². The maximum absolute atomic E-state index is 12.5. The zero-order chi connectivity index (χ0) is 58.5. The van der Waals surface area contributed by atoms with Crippen LogP contribution in [0, 0.1) is 0 Å². The van der Waals surface area contributed by atoms with Gasteiger partial charge in [0.25, 0.3) is 0 Å². The number of amides is 1. The molecule has 0 aliphatic carbocycles. The van der Waals surface area contributed by atoms with Crippen LogP contribution in [0.1, 0.15) is 418 Å². The fraction of sp³-hybridized carbons (Fsp3) is 0.920. The number of carbonyl (C=O) groups is 2. The second-order valence-corrected chi connectivity index (χ2v) is 25.6. The van der Waals surface area contributed by atoms with E-state index >= 15 is 0 Å². The number of aliphatic hydroxyl groups is 2. The number of aliphatic hydroxyl groups excluding tert-OH is 2. The minimum Gasteiger partial charge on any atom is -0.466 e. The van der Waals surface area contributed by atoms with Crippen molar-refractivity contribution in [3.8, 4) is 0 Å². The monoisotopic (exact) mass is 1140 g/mol. The molecule has 0 aliphatic rings. The molecule has 3 N–H and O–H groups in total. The van der Waals surface area contributed by atoms with Crippen LogP contribution in [0.5, 0.6) is 0 Å². The summed E-state index contributed by atoms with van der Waals surface area (Å²) >= 11 is 0. The molecule has 1 amide bonds. The van der Waals surface area contributed by atoms with E-state index < -0.39 is 12.1 Å². The molecule has 6 heteroatoms. The summed E-state index contributed by atoms with van der Waals surface area (Å²) in [6.45, 7) is 4.95. The second kappa shape index (κ2) is 70.8. The third-order valence-corrected chi connectivity index (χ3v) is 17.5. The Labute approximate surface area is 507 Å². The highest BCUT2D eigenvalue weighted by molar-refractivity contribution is 5.76. The molecule has 0 aliphatic heterocycles. The van der Waals surface area contributed by atoms with Gasteiger partial charge < -0.3 is 20.3 Å². The maximum atomic E-state index is 12.5. The predicted molar refractivity (Wildman–Crippen MR) is 356 cm³/mol. The Hall–Kier alpha value is -1.66. The fourth-order valence-electron chi connectivity index (χ4n) is 11.8. The zero-order valence-corrected chi connectivity index (χ0v) is 55.0. The predicted octanol–water partition coefficient (Wildman–Crippen LogP) is 24.1. The molecule has 0 aromatic heterocycles. The van der Waals surface area contributed by atoms with Gasteiger partial charge in [-0.25, -0.2) is 0 Å². The zero-order valence-electron chi connectivity index (χ0n) is 55.0. The minimum absolute atomic E-state index is 0.0203. The molecule has 81 heavy (non-hydrogen) atoms. The topological polar surface area (TPSA) is 95.9 Å². The van der Waals surface area contributed by atoms with Crippen LogP contribution in [0.4, 0.5) is 0 Å². The Balaban J connectivity index is 3.38. The highest BCUT2D eigenvalue weighted by atomic mass is 16.5. The number of allylic oxidation sites excluding steroid dienone is 3. The van der Waals surface area contributed by atoms with Gasteiger partial charge in [-0.1, -0.05) is 372 Å². The van der Waals surface area contributed by atoms with E-state index in [1.165, 1.54) is 353 Å². The van der Waals surface area contributed by atoms with E-state index in [-0.39, 0.29) is 18.5 Å². The summed E-state index contributed by atoms with van der Waals surface area (Å²) in [4.78, 5) is 24.6. The van der Waals surface area contributed by atoms with Crippen molar-refractivity contribution in [2.75, 3.05) is 13.2 Å². The lowest BCUT2D eigenvalue weighted by Gasteiger charge is -2.20. The first-order chi connectivity index (χ1) is 40.0. The van der Waals surface area contributed by atoms with Crippen LogP contribution in [-0.2, 0) is 14.3 Å². The molecular formula is C75H145NO5. The highest BCUT2D eigenvalue weighted by Gasteiger charge is 2.18. The molecule has 0 aromatic rings. The molecule has 0 bridgehead atoms. The third kappa shape index (κ3) is 67.3. The average molecular weight is 1140 g/mol. The van der Waals surface area contributed by atoms with Crippen molar-refractivity contribution in [2.24, 2.45) is 0 Å². The highest BCUT2D eigenvalue weighted by Crippen LogP contribution is 2.19. The van der Waals surface area contributed by atoms with Gasteiger partial charge in [-0.15, -0.1) is 0 Å². The Kier molecular flexibility index (Phi) is 69.4. The summed E-state index contributed by atoms with van der Waals surface area (Å²) in [5.41, 5.74) is 0. The van der Waals surface area contributed by atoms with E-state index in [9.17, 15) is 19.8 Å². The maximum Gasteiger partial charge on any atom is 0.305 e. The molecule has 2 unspecified atom stereocenters. The first-order valence-corrected chi connectivity index (χ1v) is 37.1. The lowest BCUT2D eigenvalue weighted by Crippen LogP contribution is -2.45. The number of unbranched alkanes of at least 4 members (excludes halogenated alkanes) is 57. The molecule has 0 heterocycles. The molecular weight excluding hydrogens is 995 g/mol.